The molecule has 1 aliphatic heterocycles. The minimum absolute atomic E-state index is 0.229. The van der Waals surface area contributed by atoms with E-state index >= 15 is 0 Å². The number of nitrogens with zero attached hydrogens (tertiary/aromatic N) is 1. The summed E-state index contributed by atoms with van der Waals surface area (Å²) in [7, 11) is -1.41. The molecule has 0 radical (unpaired) electrons. The van der Waals surface area contributed by atoms with Gasteiger partial charge in [-0.2, -0.15) is 0 Å². The predicted molar refractivity (Wildman–Crippen MR) is 77.7 cm³/mol. The monoisotopic (exact) mass is 292 g/mol. The van der Waals surface area contributed by atoms with Gasteiger partial charge in [-0.3, -0.25) is 0 Å². The fourth-order valence-corrected chi connectivity index (χ4v) is 3.47. The minimum Gasteiger partial charge on any atom is -0.381 e. The first-order valence-electron chi connectivity index (χ1n) is 7.17. The van der Waals surface area contributed by atoms with Crippen molar-refractivity contribution >= 4 is 10.0 Å². The molecule has 6 heteroatoms. The van der Waals surface area contributed by atoms with Gasteiger partial charge in [0.05, 0.1) is 5.75 Å². The van der Waals surface area contributed by atoms with E-state index in [1.807, 2.05) is 0 Å². The van der Waals surface area contributed by atoms with E-state index in [0.717, 1.165) is 32.6 Å². The second-order valence-electron chi connectivity index (χ2n) is 5.61. The molecule has 1 N–H and O–H groups in total. The molecule has 19 heavy (non-hydrogen) atoms. The summed E-state index contributed by atoms with van der Waals surface area (Å²) < 4.78 is 31.1. The summed E-state index contributed by atoms with van der Waals surface area (Å²) in [6.45, 7) is 7.02. The minimum atomic E-state index is -3.11. The van der Waals surface area contributed by atoms with E-state index in [0.29, 0.717) is 24.9 Å². The Hall–Kier alpha value is -0.170. The normalized spacial score (nSPS) is 18.4. The van der Waals surface area contributed by atoms with Crippen LogP contribution in [0.25, 0.3) is 0 Å². The van der Waals surface area contributed by atoms with E-state index in [9.17, 15) is 8.42 Å². The molecule has 0 amide bonds. The van der Waals surface area contributed by atoms with Crippen LogP contribution in [-0.4, -0.2) is 57.9 Å². The van der Waals surface area contributed by atoms with Crippen LogP contribution >= 0.6 is 0 Å². The molecule has 0 bridgehead atoms. The zero-order chi connectivity index (χ0) is 14.3. The molecule has 114 valence electrons. The average Bonchev–Trinajstić information content (AvgIpc) is 2.35. The van der Waals surface area contributed by atoms with Crippen LogP contribution in [0, 0.1) is 5.92 Å². The molecule has 0 aromatic heterocycles. The second-order valence-corrected chi connectivity index (χ2v) is 7.81. The smallest absolute Gasteiger partial charge is 0.213 e. The predicted octanol–water partition coefficient (Wildman–Crippen LogP) is 1.06. The van der Waals surface area contributed by atoms with Gasteiger partial charge in [-0.15, -0.1) is 0 Å². The van der Waals surface area contributed by atoms with Crippen LogP contribution in [0.15, 0.2) is 0 Å². The van der Waals surface area contributed by atoms with Gasteiger partial charge in [0.1, 0.15) is 0 Å². The molecule has 1 saturated heterocycles. The third kappa shape index (κ3) is 6.70. The molecule has 0 spiro atoms. The summed E-state index contributed by atoms with van der Waals surface area (Å²) in [5, 5.41) is 3.24. The largest absolute Gasteiger partial charge is 0.381 e. The maximum Gasteiger partial charge on any atom is 0.213 e. The Morgan fingerprint density at radius 1 is 1.32 bits per heavy atom. The molecule has 0 aromatic carbocycles. The average molecular weight is 292 g/mol. The molecular weight excluding hydrogens is 264 g/mol. The SMILES string of the molecule is CC(C)NCCCS(=O)(=O)N(C)CC1CCOCC1. The van der Waals surface area contributed by atoms with Crippen LogP contribution in [0.4, 0.5) is 0 Å². The molecule has 0 aliphatic carbocycles. The summed E-state index contributed by atoms with van der Waals surface area (Å²) >= 11 is 0. The first kappa shape index (κ1) is 16.9. The number of ether oxygens (including phenoxy) is 1. The van der Waals surface area contributed by atoms with Crippen molar-refractivity contribution in [2.45, 2.75) is 39.2 Å². The highest BCUT2D eigenvalue weighted by atomic mass is 32.2. The third-order valence-corrected chi connectivity index (χ3v) is 5.37. The van der Waals surface area contributed by atoms with Gasteiger partial charge in [-0.25, -0.2) is 12.7 Å². The van der Waals surface area contributed by atoms with E-state index in [1.54, 1.807) is 7.05 Å². The number of nitrogens with one attached hydrogen (secondary N) is 1. The second kappa shape index (κ2) is 8.19. The van der Waals surface area contributed by atoms with Gasteiger partial charge in [0.2, 0.25) is 10.0 Å². The highest BCUT2D eigenvalue weighted by Crippen LogP contribution is 2.17. The molecule has 0 unspecified atom stereocenters. The first-order valence-corrected chi connectivity index (χ1v) is 8.78. The Balaban J connectivity index is 2.29. The zero-order valence-corrected chi connectivity index (χ0v) is 13.2. The summed E-state index contributed by atoms with van der Waals surface area (Å²) in [6.07, 6.45) is 2.60. The van der Waals surface area contributed by atoms with Crippen LogP contribution < -0.4 is 5.32 Å². The summed E-state index contributed by atoms with van der Waals surface area (Å²) in [4.78, 5) is 0. The number of sulfonamides is 1. The van der Waals surface area contributed by atoms with Crippen LogP contribution in [0.5, 0.6) is 0 Å². The van der Waals surface area contributed by atoms with Gasteiger partial charge in [0.15, 0.2) is 0 Å². The Kier molecular flexibility index (Phi) is 7.28. The van der Waals surface area contributed by atoms with Crippen molar-refractivity contribution in [3.8, 4) is 0 Å². The number of rotatable bonds is 8. The Morgan fingerprint density at radius 3 is 2.53 bits per heavy atom. The molecule has 0 atom stereocenters. The van der Waals surface area contributed by atoms with Crippen LogP contribution in [0.1, 0.15) is 33.1 Å². The molecule has 0 aromatic rings. The van der Waals surface area contributed by atoms with Gasteiger partial charge in [-0.1, -0.05) is 13.8 Å². The summed E-state index contributed by atoms with van der Waals surface area (Å²) in [5.41, 5.74) is 0. The first-order chi connectivity index (χ1) is 8.92. The van der Waals surface area contributed by atoms with Crippen molar-refractivity contribution in [3.05, 3.63) is 0 Å². The van der Waals surface area contributed by atoms with Crippen LogP contribution in [0.2, 0.25) is 0 Å². The van der Waals surface area contributed by atoms with Crippen LogP contribution in [-0.2, 0) is 14.8 Å². The third-order valence-electron chi connectivity index (χ3n) is 3.46. The van der Waals surface area contributed by atoms with E-state index in [1.165, 1.54) is 4.31 Å². The van der Waals surface area contributed by atoms with E-state index in [2.05, 4.69) is 19.2 Å². The van der Waals surface area contributed by atoms with Crippen molar-refractivity contribution in [1.29, 1.82) is 0 Å². The van der Waals surface area contributed by atoms with Gasteiger partial charge in [-0.05, 0) is 31.7 Å². The lowest BCUT2D eigenvalue weighted by atomic mass is 10.0. The van der Waals surface area contributed by atoms with E-state index < -0.39 is 10.0 Å². The van der Waals surface area contributed by atoms with Crippen molar-refractivity contribution in [2.24, 2.45) is 5.92 Å². The van der Waals surface area contributed by atoms with Crippen molar-refractivity contribution in [1.82, 2.24) is 9.62 Å². The molecule has 1 rings (SSSR count). The fourth-order valence-electron chi connectivity index (χ4n) is 2.21. The lowest BCUT2D eigenvalue weighted by Crippen LogP contribution is -2.36. The standard InChI is InChI=1S/C13H28N2O3S/c1-12(2)14-7-4-10-19(16,17)15(3)11-13-5-8-18-9-6-13/h12-14H,4-11H2,1-3H3. The van der Waals surface area contributed by atoms with Crippen molar-refractivity contribution in [3.63, 3.8) is 0 Å². The molecule has 0 saturated carbocycles. The maximum atomic E-state index is 12.1. The van der Waals surface area contributed by atoms with E-state index in [-0.39, 0.29) is 5.75 Å². The lowest BCUT2D eigenvalue weighted by Gasteiger charge is -2.26. The fraction of sp³-hybridized carbons (Fsp3) is 1.00. The Bertz CT molecular complexity index is 338. The molecule has 1 aliphatic rings. The number of hydrogen-bond donors (Lipinski definition) is 1. The molecule has 1 heterocycles. The highest BCUT2D eigenvalue weighted by molar-refractivity contribution is 7.89. The zero-order valence-electron chi connectivity index (χ0n) is 12.4. The van der Waals surface area contributed by atoms with Crippen molar-refractivity contribution < 1.29 is 13.2 Å². The maximum absolute atomic E-state index is 12.1. The van der Waals surface area contributed by atoms with Gasteiger partial charge in [0.25, 0.3) is 0 Å². The Morgan fingerprint density at radius 2 is 1.95 bits per heavy atom. The van der Waals surface area contributed by atoms with E-state index in [4.69, 9.17) is 4.74 Å². The molecule has 5 nitrogen and oxygen atoms in total. The van der Waals surface area contributed by atoms with Gasteiger partial charge >= 0.3 is 0 Å². The van der Waals surface area contributed by atoms with Crippen molar-refractivity contribution in [2.75, 3.05) is 39.1 Å². The van der Waals surface area contributed by atoms with Gasteiger partial charge < -0.3 is 10.1 Å². The van der Waals surface area contributed by atoms with Gasteiger partial charge in [0, 0.05) is 32.8 Å². The molecule has 1 fully saturated rings. The topological polar surface area (TPSA) is 58.6 Å². The highest BCUT2D eigenvalue weighted by Gasteiger charge is 2.22. The lowest BCUT2D eigenvalue weighted by molar-refractivity contribution is 0.0620. The quantitative estimate of drug-likeness (QED) is 0.680. The number of hydrogen-bond acceptors (Lipinski definition) is 4. The Labute approximate surface area is 117 Å². The molecular formula is C13H28N2O3S. The summed E-state index contributed by atoms with van der Waals surface area (Å²) in [5.74, 6) is 0.675. The summed E-state index contributed by atoms with van der Waals surface area (Å²) in [6, 6.07) is 0.405. The van der Waals surface area contributed by atoms with Crippen LogP contribution in [0.3, 0.4) is 0 Å².